The van der Waals surface area contributed by atoms with Crippen LogP contribution in [0.2, 0.25) is 0 Å². The Morgan fingerprint density at radius 3 is 2.81 bits per heavy atom. The van der Waals surface area contributed by atoms with Crippen LogP contribution in [-0.2, 0) is 6.54 Å². The van der Waals surface area contributed by atoms with Gasteiger partial charge in [-0.2, -0.15) is 0 Å². The lowest BCUT2D eigenvalue weighted by atomic mass is 9.95. The molecular weight excluding hydrogens is 330 g/mol. The molecule has 0 bridgehead atoms. The van der Waals surface area contributed by atoms with Crippen LogP contribution in [0.1, 0.15) is 53.3 Å². The van der Waals surface area contributed by atoms with Crippen LogP contribution in [-0.4, -0.2) is 43.6 Å². The maximum absolute atomic E-state index is 13.1. The van der Waals surface area contributed by atoms with Crippen molar-refractivity contribution in [3.05, 3.63) is 41.2 Å². The first-order valence-electron chi connectivity index (χ1n) is 9.12. The number of aryl methyl sites for hydroxylation is 3. The summed E-state index contributed by atoms with van der Waals surface area (Å²) in [5, 5.41) is 4.70. The number of piperidine rings is 1. The quantitative estimate of drug-likeness (QED) is 0.723. The predicted molar refractivity (Wildman–Crippen MR) is 97.1 cm³/mol. The van der Waals surface area contributed by atoms with E-state index < -0.39 is 0 Å². The highest BCUT2D eigenvalue weighted by molar-refractivity contribution is 6.06. The molecule has 0 unspecified atom stereocenters. The van der Waals surface area contributed by atoms with Crippen molar-refractivity contribution in [1.29, 1.82) is 0 Å². The third-order valence-corrected chi connectivity index (χ3v) is 5.21. The average molecular weight is 353 g/mol. The fraction of sp³-hybridized carbons (Fsp3) is 0.474. The molecule has 1 saturated heterocycles. The van der Waals surface area contributed by atoms with E-state index >= 15 is 0 Å². The van der Waals surface area contributed by atoms with Crippen LogP contribution in [0.3, 0.4) is 0 Å². The number of aromatic nitrogens is 4. The largest absolute Gasteiger partial charge is 0.339 e. The van der Waals surface area contributed by atoms with Crippen LogP contribution in [0.15, 0.2) is 23.0 Å². The van der Waals surface area contributed by atoms with E-state index in [0.717, 1.165) is 49.4 Å². The van der Waals surface area contributed by atoms with E-state index in [-0.39, 0.29) is 5.91 Å². The maximum Gasteiger partial charge on any atom is 0.258 e. The number of fused-ring (bicyclic) bond motifs is 1. The van der Waals surface area contributed by atoms with Gasteiger partial charge in [0, 0.05) is 43.6 Å². The molecule has 0 aliphatic carbocycles. The SMILES string of the molecule is CCn1ccnc1C1CCN(C(=O)c2cc(C)nc3onc(C)c23)CC1. The van der Waals surface area contributed by atoms with E-state index in [9.17, 15) is 4.79 Å². The highest BCUT2D eigenvalue weighted by Gasteiger charge is 2.28. The van der Waals surface area contributed by atoms with Gasteiger partial charge >= 0.3 is 0 Å². The molecule has 0 N–H and O–H groups in total. The number of carbonyl (C=O) groups excluding carboxylic acids is 1. The third-order valence-electron chi connectivity index (χ3n) is 5.21. The Morgan fingerprint density at radius 2 is 2.08 bits per heavy atom. The summed E-state index contributed by atoms with van der Waals surface area (Å²) in [6.45, 7) is 8.22. The first-order valence-corrected chi connectivity index (χ1v) is 9.12. The van der Waals surface area contributed by atoms with Crippen LogP contribution in [0.5, 0.6) is 0 Å². The minimum atomic E-state index is 0.0316. The van der Waals surface area contributed by atoms with Gasteiger partial charge in [0.1, 0.15) is 5.82 Å². The van der Waals surface area contributed by atoms with Crippen molar-refractivity contribution >= 4 is 17.0 Å². The molecule has 1 aliphatic heterocycles. The summed E-state index contributed by atoms with van der Waals surface area (Å²) in [7, 11) is 0. The number of likely N-dealkylation sites (tertiary alicyclic amines) is 1. The molecule has 4 heterocycles. The van der Waals surface area contributed by atoms with Crippen molar-refractivity contribution < 1.29 is 9.32 Å². The van der Waals surface area contributed by atoms with Gasteiger partial charge in [-0.3, -0.25) is 4.79 Å². The van der Waals surface area contributed by atoms with Gasteiger partial charge in [-0.15, -0.1) is 0 Å². The summed E-state index contributed by atoms with van der Waals surface area (Å²) in [5.41, 5.74) is 2.54. The van der Waals surface area contributed by atoms with E-state index in [2.05, 4.69) is 26.6 Å². The van der Waals surface area contributed by atoms with Gasteiger partial charge in [0.25, 0.3) is 11.6 Å². The predicted octanol–water partition coefficient (Wildman–Crippen LogP) is 3.08. The minimum absolute atomic E-state index is 0.0316. The number of nitrogens with zero attached hydrogens (tertiary/aromatic N) is 5. The Balaban J connectivity index is 1.55. The number of pyridine rings is 1. The van der Waals surface area contributed by atoms with Crippen LogP contribution >= 0.6 is 0 Å². The highest BCUT2D eigenvalue weighted by atomic mass is 16.5. The number of carbonyl (C=O) groups is 1. The molecular formula is C19H23N5O2. The van der Waals surface area contributed by atoms with Crippen LogP contribution in [0.25, 0.3) is 11.1 Å². The van der Waals surface area contributed by atoms with Crippen molar-refractivity contribution in [1.82, 2.24) is 24.6 Å². The molecule has 0 atom stereocenters. The van der Waals surface area contributed by atoms with Crippen LogP contribution in [0.4, 0.5) is 0 Å². The van der Waals surface area contributed by atoms with Gasteiger partial charge in [-0.25, -0.2) is 9.97 Å². The molecule has 1 amide bonds. The highest BCUT2D eigenvalue weighted by Crippen LogP contribution is 2.29. The number of amides is 1. The Kier molecular flexibility index (Phi) is 4.22. The molecule has 136 valence electrons. The lowest BCUT2D eigenvalue weighted by Gasteiger charge is -2.32. The molecule has 1 aliphatic rings. The number of imidazole rings is 1. The van der Waals surface area contributed by atoms with Gasteiger partial charge < -0.3 is 14.0 Å². The second kappa shape index (κ2) is 6.55. The van der Waals surface area contributed by atoms with E-state index in [1.54, 1.807) is 0 Å². The van der Waals surface area contributed by atoms with Crippen molar-refractivity contribution in [3.63, 3.8) is 0 Å². The van der Waals surface area contributed by atoms with Gasteiger partial charge in [0.15, 0.2) is 0 Å². The lowest BCUT2D eigenvalue weighted by Crippen LogP contribution is -2.38. The van der Waals surface area contributed by atoms with E-state index in [1.807, 2.05) is 37.2 Å². The average Bonchev–Trinajstić information content (AvgIpc) is 3.27. The zero-order chi connectivity index (χ0) is 18.3. The topological polar surface area (TPSA) is 77.0 Å². The fourth-order valence-electron chi connectivity index (χ4n) is 3.85. The standard InChI is InChI=1S/C19H23N5O2/c1-4-23-10-7-20-17(23)14-5-8-24(9-6-14)19(25)15-11-12(2)21-18-16(15)13(3)22-26-18/h7,10-11,14H,4-6,8-9H2,1-3H3. The number of hydrogen-bond donors (Lipinski definition) is 0. The zero-order valence-electron chi connectivity index (χ0n) is 15.4. The molecule has 3 aromatic rings. The van der Waals surface area contributed by atoms with Crippen molar-refractivity contribution in [2.24, 2.45) is 0 Å². The third kappa shape index (κ3) is 2.77. The molecule has 0 saturated carbocycles. The molecule has 0 radical (unpaired) electrons. The summed E-state index contributed by atoms with van der Waals surface area (Å²) < 4.78 is 7.45. The summed E-state index contributed by atoms with van der Waals surface area (Å²) in [5.74, 6) is 1.58. The summed E-state index contributed by atoms with van der Waals surface area (Å²) in [4.78, 5) is 23.9. The Labute approximate surface area is 152 Å². The number of rotatable bonds is 3. The summed E-state index contributed by atoms with van der Waals surface area (Å²) in [6.07, 6.45) is 5.75. The molecule has 3 aromatic heterocycles. The zero-order valence-corrected chi connectivity index (χ0v) is 15.4. The van der Waals surface area contributed by atoms with Crippen molar-refractivity contribution in [2.45, 2.75) is 46.1 Å². The molecule has 0 spiro atoms. The molecule has 0 aromatic carbocycles. The first-order chi connectivity index (χ1) is 12.6. The second-order valence-electron chi connectivity index (χ2n) is 6.90. The second-order valence-corrected chi connectivity index (χ2v) is 6.90. The fourth-order valence-corrected chi connectivity index (χ4v) is 3.85. The molecule has 7 nitrogen and oxygen atoms in total. The Morgan fingerprint density at radius 1 is 1.31 bits per heavy atom. The summed E-state index contributed by atoms with van der Waals surface area (Å²) >= 11 is 0. The molecule has 4 rings (SSSR count). The smallest absolute Gasteiger partial charge is 0.258 e. The normalized spacial score (nSPS) is 15.7. The Hall–Kier alpha value is -2.70. The maximum atomic E-state index is 13.1. The van der Waals surface area contributed by atoms with Crippen LogP contribution in [0, 0.1) is 13.8 Å². The monoisotopic (exact) mass is 353 g/mol. The first kappa shape index (κ1) is 16.8. The lowest BCUT2D eigenvalue weighted by molar-refractivity contribution is 0.0712. The van der Waals surface area contributed by atoms with Crippen molar-refractivity contribution in [3.8, 4) is 0 Å². The van der Waals surface area contributed by atoms with Gasteiger partial charge in [-0.05, 0) is 39.7 Å². The van der Waals surface area contributed by atoms with Gasteiger partial charge in [0.2, 0.25) is 0 Å². The molecule has 1 fully saturated rings. The molecule has 26 heavy (non-hydrogen) atoms. The van der Waals surface area contributed by atoms with Gasteiger partial charge in [0.05, 0.1) is 16.6 Å². The van der Waals surface area contributed by atoms with E-state index in [1.165, 1.54) is 0 Å². The number of hydrogen-bond acceptors (Lipinski definition) is 5. The minimum Gasteiger partial charge on any atom is -0.339 e. The van der Waals surface area contributed by atoms with Crippen molar-refractivity contribution in [2.75, 3.05) is 13.1 Å². The Bertz CT molecular complexity index is 950. The van der Waals surface area contributed by atoms with E-state index in [4.69, 9.17) is 4.52 Å². The van der Waals surface area contributed by atoms with Gasteiger partial charge in [-0.1, -0.05) is 5.16 Å². The van der Waals surface area contributed by atoms with Crippen LogP contribution < -0.4 is 0 Å². The molecule has 7 heteroatoms. The van der Waals surface area contributed by atoms with E-state index in [0.29, 0.717) is 22.9 Å². The summed E-state index contributed by atoms with van der Waals surface area (Å²) in [6, 6.07) is 1.84.